The Morgan fingerprint density at radius 3 is 2.38 bits per heavy atom. The van der Waals surface area contributed by atoms with Crippen LogP contribution < -0.4 is 9.04 Å². The van der Waals surface area contributed by atoms with E-state index < -0.39 is 16.0 Å². The minimum Gasteiger partial charge on any atom is -0.497 e. The fraction of sp³-hybridized carbons (Fsp3) is 0.235. The van der Waals surface area contributed by atoms with Gasteiger partial charge in [0.05, 0.1) is 17.8 Å². The van der Waals surface area contributed by atoms with Crippen molar-refractivity contribution >= 4 is 44.9 Å². The molecule has 0 aliphatic carbocycles. The Hall–Kier alpha value is -1.96. The number of hydrogen-bond acceptors (Lipinski definition) is 4. The van der Waals surface area contributed by atoms with Gasteiger partial charge in [-0.15, -0.1) is 0 Å². The molecule has 2 aromatic carbocycles. The summed E-state index contributed by atoms with van der Waals surface area (Å²) in [7, 11) is -2.54. The number of aliphatic carboxylic acids is 1. The summed E-state index contributed by atoms with van der Waals surface area (Å²) < 4.78 is 32.5. The maximum absolute atomic E-state index is 13.1. The molecule has 6 nitrogen and oxygen atoms in total. The molecule has 0 aliphatic rings. The number of hydrogen-bond donors (Lipinski definition) is 1. The van der Waals surface area contributed by atoms with Crippen LogP contribution in [0.4, 0.5) is 5.69 Å². The molecule has 2 aromatic rings. The molecule has 0 aliphatic heterocycles. The first kappa shape index (κ1) is 20.4. The standard InChI is InChI=1S/C17H17Cl2NO5S/c1-25-14-7-5-13(6-8-14)20(10-2-3-17(21)22)26(23,24)16-11-12(18)4-9-15(16)19/h4-9,11H,2-3,10H2,1H3,(H,21,22). The van der Waals surface area contributed by atoms with Crippen LogP contribution in [0.3, 0.4) is 0 Å². The van der Waals surface area contributed by atoms with Gasteiger partial charge in [-0.25, -0.2) is 8.42 Å². The van der Waals surface area contributed by atoms with Gasteiger partial charge in [-0.2, -0.15) is 0 Å². The smallest absolute Gasteiger partial charge is 0.303 e. The van der Waals surface area contributed by atoms with Crippen LogP contribution >= 0.6 is 23.2 Å². The van der Waals surface area contributed by atoms with Crippen LogP contribution in [-0.2, 0) is 14.8 Å². The third-order valence-electron chi connectivity index (χ3n) is 3.57. The van der Waals surface area contributed by atoms with E-state index in [2.05, 4.69) is 0 Å². The zero-order valence-electron chi connectivity index (χ0n) is 13.9. The minimum atomic E-state index is -4.04. The van der Waals surface area contributed by atoms with Crippen molar-refractivity contribution in [2.75, 3.05) is 18.0 Å². The van der Waals surface area contributed by atoms with Crippen molar-refractivity contribution in [3.63, 3.8) is 0 Å². The van der Waals surface area contributed by atoms with E-state index in [4.69, 9.17) is 33.0 Å². The van der Waals surface area contributed by atoms with Crippen molar-refractivity contribution in [1.82, 2.24) is 0 Å². The Kier molecular flexibility index (Phi) is 6.75. The monoisotopic (exact) mass is 417 g/mol. The molecule has 2 rings (SSSR count). The first-order chi connectivity index (χ1) is 12.3. The van der Waals surface area contributed by atoms with Gasteiger partial charge in [-0.05, 0) is 48.9 Å². The van der Waals surface area contributed by atoms with Crippen molar-refractivity contribution in [3.8, 4) is 5.75 Å². The van der Waals surface area contributed by atoms with Crippen molar-refractivity contribution in [3.05, 3.63) is 52.5 Å². The minimum absolute atomic E-state index is 0.0240. The number of methoxy groups -OCH3 is 1. The number of rotatable bonds is 8. The van der Waals surface area contributed by atoms with Crippen LogP contribution in [0.1, 0.15) is 12.8 Å². The molecule has 0 saturated carbocycles. The molecule has 0 atom stereocenters. The van der Waals surface area contributed by atoms with E-state index >= 15 is 0 Å². The van der Waals surface area contributed by atoms with Gasteiger partial charge in [0.15, 0.2) is 0 Å². The maximum atomic E-state index is 13.1. The summed E-state index contributed by atoms with van der Waals surface area (Å²) in [5, 5.41) is 9.11. The van der Waals surface area contributed by atoms with E-state index in [0.29, 0.717) is 11.4 Å². The van der Waals surface area contributed by atoms with E-state index in [1.807, 2.05) is 0 Å². The lowest BCUT2D eigenvalue weighted by Gasteiger charge is -2.25. The third kappa shape index (κ3) is 4.81. The fourth-order valence-corrected chi connectivity index (χ4v) is 4.55. The summed E-state index contributed by atoms with van der Waals surface area (Å²) in [4.78, 5) is 10.7. The SMILES string of the molecule is COc1ccc(N(CCCC(=O)O)S(=O)(=O)c2cc(Cl)ccc2Cl)cc1. The highest BCUT2D eigenvalue weighted by Gasteiger charge is 2.27. The van der Waals surface area contributed by atoms with Crippen molar-refractivity contribution in [2.45, 2.75) is 17.7 Å². The molecule has 0 radical (unpaired) electrons. The second-order valence-corrected chi connectivity index (χ2v) is 8.02. The summed E-state index contributed by atoms with van der Waals surface area (Å²) in [6.45, 7) is -0.0240. The fourth-order valence-electron chi connectivity index (χ4n) is 2.30. The number of halogens is 2. The van der Waals surface area contributed by atoms with Crippen LogP contribution in [0.2, 0.25) is 10.0 Å². The van der Waals surface area contributed by atoms with E-state index in [1.165, 1.54) is 25.3 Å². The van der Waals surface area contributed by atoms with E-state index in [0.717, 1.165) is 4.31 Å². The molecule has 9 heteroatoms. The average molecular weight is 418 g/mol. The average Bonchev–Trinajstić information content (AvgIpc) is 2.60. The number of carboxylic acids is 1. The Morgan fingerprint density at radius 1 is 1.15 bits per heavy atom. The highest BCUT2D eigenvalue weighted by molar-refractivity contribution is 7.93. The second-order valence-electron chi connectivity index (χ2n) is 5.35. The van der Waals surface area contributed by atoms with Crippen molar-refractivity contribution in [1.29, 1.82) is 0 Å². The molecule has 0 spiro atoms. The quantitative estimate of drug-likeness (QED) is 0.699. The highest BCUT2D eigenvalue weighted by Crippen LogP contribution is 2.31. The van der Waals surface area contributed by atoms with Crippen LogP contribution in [0.15, 0.2) is 47.4 Å². The molecule has 0 fully saturated rings. The van der Waals surface area contributed by atoms with E-state index in [9.17, 15) is 13.2 Å². The van der Waals surface area contributed by atoms with E-state index in [1.54, 1.807) is 24.3 Å². The van der Waals surface area contributed by atoms with E-state index in [-0.39, 0.29) is 34.3 Å². The lowest BCUT2D eigenvalue weighted by atomic mass is 10.2. The van der Waals surface area contributed by atoms with Gasteiger partial charge in [0.25, 0.3) is 10.0 Å². The van der Waals surface area contributed by atoms with Crippen LogP contribution in [0.25, 0.3) is 0 Å². The molecule has 0 heterocycles. The molecule has 0 bridgehead atoms. The van der Waals surface area contributed by atoms with Crippen molar-refractivity contribution in [2.24, 2.45) is 0 Å². The zero-order chi connectivity index (χ0) is 19.3. The Balaban J connectivity index is 2.46. The maximum Gasteiger partial charge on any atom is 0.303 e. The zero-order valence-corrected chi connectivity index (χ0v) is 16.2. The number of carbonyl (C=O) groups is 1. The molecule has 1 N–H and O–H groups in total. The number of sulfonamides is 1. The first-order valence-electron chi connectivity index (χ1n) is 7.59. The molecule has 26 heavy (non-hydrogen) atoms. The molecule has 0 saturated heterocycles. The predicted octanol–water partition coefficient (Wildman–Crippen LogP) is 4.06. The number of nitrogens with zero attached hydrogens (tertiary/aromatic N) is 1. The van der Waals surface area contributed by atoms with Gasteiger partial charge >= 0.3 is 5.97 Å². The number of benzene rings is 2. The first-order valence-corrected chi connectivity index (χ1v) is 9.79. The van der Waals surface area contributed by atoms with Crippen LogP contribution in [-0.4, -0.2) is 33.1 Å². The van der Waals surface area contributed by atoms with Gasteiger partial charge < -0.3 is 9.84 Å². The summed E-state index contributed by atoms with van der Waals surface area (Å²) >= 11 is 12.0. The van der Waals surface area contributed by atoms with Crippen LogP contribution in [0, 0.1) is 0 Å². The van der Waals surface area contributed by atoms with Crippen LogP contribution in [0.5, 0.6) is 5.75 Å². The van der Waals surface area contributed by atoms with Gasteiger partial charge in [-0.3, -0.25) is 9.10 Å². The number of carboxylic acid groups (broad SMARTS) is 1. The lowest BCUT2D eigenvalue weighted by Crippen LogP contribution is -2.32. The number of anilines is 1. The molecular formula is C17H17Cl2NO5S. The molecular weight excluding hydrogens is 401 g/mol. The summed E-state index contributed by atoms with van der Waals surface area (Å²) in [6.07, 6.45) is -0.0236. The molecule has 140 valence electrons. The normalized spacial score (nSPS) is 11.2. The topological polar surface area (TPSA) is 83.9 Å². The Bertz CT molecular complexity index is 885. The highest BCUT2D eigenvalue weighted by atomic mass is 35.5. The Morgan fingerprint density at radius 2 is 1.81 bits per heavy atom. The van der Waals surface area contributed by atoms with Gasteiger partial charge in [0, 0.05) is 18.0 Å². The lowest BCUT2D eigenvalue weighted by molar-refractivity contribution is -0.137. The van der Waals surface area contributed by atoms with Crippen molar-refractivity contribution < 1.29 is 23.1 Å². The molecule has 0 amide bonds. The largest absolute Gasteiger partial charge is 0.497 e. The predicted molar refractivity (Wildman–Crippen MR) is 101 cm³/mol. The summed E-state index contributed by atoms with van der Waals surface area (Å²) in [5.41, 5.74) is 0.368. The van der Waals surface area contributed by atoms with Gasteiger partial charge in [0.2, 0.25) is 0 Å². The third-order valence-corrected chi connectivity index (χ3v) is 6.12. The summed E-state index contributed by atoms with van der Waals surface area (Å²) in [6, 6.07) is 10.6. The Labute approximate surface area is 162 Å². The van der Waals surface area contributed by atoms with Gasteiger partial charge in [-0.1, -0.05) is 23.2 Å². The number of ether oxygens (including phenoxy) is 1. The summed E-state index contributed by atoms with van der Waals surface area (Å²) in [5.74, 6) is -0.435. The van der Waals surface area contributed by atoms with Gasteiger partial charge in [0.1, 0.15) is 10.6 Å². The molecule has 0 aromatic heterocycles. The second kappa shape index (κ2) is 8.62. The molecule has 0 unspecified atom stereocenters.